The van der Waals surface area contributed by atoms with Crippen LogP contribution in [0.25, 0.3) is 6.08 Å². The lowest BCUT2D eigenvalue weighted by atomic mass is 9.74. The molecule has 0 aliphatic carbocycles. The Labute approximate surface area is 258 Å². The average Bonchev–Trinajstić information content (AvgIpc) is 3.51. The number of ether oxygens (including phenoxy) is 2. The normalized spacial score (nSPS) is 17.2. The highest BCUT2D eigenvalue weighted by Crippen LogP contribution is 2.44. The van der Waals surface area contributed by atoms with Crippen molar-refractivity contribution in [2.45, 2.75) is 44.4 Å². The maximum Gasteiger partial charge on any atom is 0.331 e. The predicted octanol–water partition coefficient (Wildman–Crippen LogP) is 5.38. The molecule has 0 bridgehead atoms. The first-order valence-electron chi connectivity index (χ1n) is 15.1. The van der Waals surface area contributed by atoms with Gasteiger partial charge in [0.05, 0.1) is 37.0 Å². The van der Waals surface area contributed by atoms with Crippen LogP contribution in [0.3, 0.4) is 0 Å². The Hall–Kier alpha value is -4.53. The Morgan fingerprint density at radius 3 is 1.95 bits per heavy atom. The van der Waals surface area contributed by atoms with Crippen molar-refractivity contribution in [1.29, 1.82) is 0 Å². The van der Waals surface area contributed by atoms with Crippen LogP contribution in [0.2, 0.25) is 0 Å². The minimum Gasteiger partial charge on any atom is -0.466 e. The van der Waals surface area contributed by atoms with Crippen molar-refractivity contribution in [2.24, 2.45) is 0 Å². The van der Waals surface area contributed by atoms with Crippen LogP contribution in [0.4, 0.5) is 0 Å². The standard InChI is InChI=1S/C36H39N3O5/c1-3-43-34(41)25-32(35(42)44-4-2)39-23-20-31(37-39)24-27-26-38(22-21-33(27)40)36(28-14-8-5-9-15-28,29-16-10-6-11-17-29)30-18-12-7-13-19-30/h5-20,23-24,32-33,40H,3-4,21-22,25-26H2,1-2H3/b27-24+. The summed E-state index contributed by atoms with van der Waals surface area (Å²) in [5, 5.41) is 15.8. The monoisotopic (exact) mass is 593 g/mol. The minimum absolute atomic E-state index is 0.185. The summed E-state index contributed by atoms with van der Waals surface area (Å²) in [7, 11) is 0. The van der Waals surface area contributed by atoms with E-state index in [4.69, 9.17) is 9.47 Å². The Kier molecular flexibility index (Phi) is 10.0. The summed E-state index contributed by atoms with van der Waals surface area (Å²) in [5.74, 6) is -1.05. The fourth-order valence-corrected chi connectivity index (χ4v) is 6.08. The van der Waals surface area contributed by atoms with E-state index in [0.29, 0.717) is 25.2 Å². The van der Waals surface area contributed by atoms with Crippen LogP contribution in [-0.4, -0.2) is 64.1 Å². The van der Waals surface area contributed by atoms with Gasteiger partial charge in [-0.1, -0.05) is 91.0 Å². The van der Waals surface area contributed by atoms with Gasteiger partial charge in [0, 0.05) is 19.3 Å². The molecule has 0 saturated carbocycles. The fraction of sp³-hybridized carbons (Fsp3) is 0.306. The third-order valence-electron chi connectivity index (χ3n) is 8.03. The number of esters is 2. The largest absolute Gasteiger partial charge is 0.466 e. The molecule has 1 aliphatic rings. The van der Waals surface area contributed by atoms with Crippen LogP contribution >= 0.6 is 0 Å². The van der Waals surface area contributed by atoms with Gasteiger partial charge in [-0.2, -0.15) is 5.10 Å². The van der Waals surface area contributed by atoms with Gasteiger partial charge in [0.25, 0.3) is 0 Å². The number of aromatic nitrogens is 2. The van der Waals surface area contributed by atoms with E-state index in [1.807, 2.05) is 24.3 Å². The number of carbonyl (C=O) groups is 2. The number of piperidine rings is 1. The summed E-state index contributed by atoms with van der Waals surface area (Å²) < 4.78 is 11.7. The van der Waals surface area contributed by atoms with Crippen LogP contribution in [0.15, 0.2) is 109 Å². The van der Waals surface area contributed by atoms with E-state index < -0.39 is 29.6 Å². The Bertz CT molecular complexity index is 1460. The number of carbonyl (C=O) groups excluding carboxylic acids is 2. The van der Waals surface area contributed by atoms with Crippen LogP contribution in [0, 0.1) is 0 Å². The third-order valence-corrected chi connectivity index (χ3v) is 8.03. The van der Waals surface area contributed by atoms with Crippen LogP contribution < -0.4 is 0 Å². The van der Waals surface area contributed by atoms with E-state index in [0.717, 1.165) is 22.3 Å². The maximum atomic E-state index is 12.7. The molecular formula is C36H39N3O5. The molecule has 0 spiro atoms. The highest BCUT2D eigenvalue weighted by molar-refractivity contribution is 5.81. The van der Waals surface area contributed by atoms with E-state index >= 15 is 0 Å². The second-order valence-electron chi connectivity index (χ2n) is 10.8. The maximum absolute atomic E-state index is 12.7. The molecule has 1 saturated heterocycles. The van der Waals surface area contributed by atoms with Gasteiger partial charge in [0.1, 0.15) is 0 Å². The zero-order valence-corrected chi connectivity index (χ0v) is 25.2. The molecule has 1 fully saturated rings. The first-order chi connectivity index (χ1) is 21.5. The lowest BCUT2D eigenvalue weighted by Crippen LogP contribution is -2.52. The summed E-state index contributed by atoms with van der Waals surface area (Å²) in [6.07, 6.45) is 3.23. The van der Waals surface area contributed by atoms with Crippen molar-refractivity contribution in [2.75, 3.05) is 26.3 Å². The molecule has 8 heteroatoms. The average molecular weight is 594 g/mol. The zero-order valence-electron chi connectivity index (χ0n) is 25.2. The number of hydrogen-bond acceptors (Lipinski definition) is 7. The predicted molar refractivity (Wildman–Crippen MR) is 169 cm³/mol. The van der Waals surface area contributed by atoms with E-state index in [1.165, 1.54) is 4.68 Å². The molecule has 3 aromatic carbocycles. The zero-order chi connectivity index (χ0) is 30.9. The van der Waals surface area contributed by atoms with Crippen LogP contribution in [-0.2, 0) is 24.6 Å². The number of hydrogen-bond donors (Lipinski definition) is 1. The van der Waals surface area contributed by atoms with E-state index in [-0.39, 0.29) is 19.6 Å². The van der Waals surface area contributed by atoms with Crippen molar-refractivity contribution in [3.05, 3.63) is 131 Å². The number of rotatable bonds is 11. The lowest BCUT2D eigenvalue weighted by Gasteiger charge is -2.48. The van der Waals surface area contributed by atoms with Crippen molar-refractivity contribution >= 4 is 18.0 Å². The van der Waals surface area contributed by atoms with E-state index in [2.05, 4.69) is 82.8 Å². The first-order valence-corrected chi connectivity index (χ1v) is 15.1. The molecule has 44 heavy (non-hydrogen) atoms. The molecule has 4 aromatic rings. The minimum atomic E-state index is -0.948. The second-order valence-corrected chi connectivity index (χ2v) is 10.8. The quantitative estimate of drug-likeness (QED) is 0.184. The molecule has 2 unspecified atom stereocenters. The van der Waals surface area contributed by atoms with Crippen molar-refractivity contribution in [3.8, 4) is 0 Å². The summed E-state index contributed by atoms with van der Waals surface area (Å²) in [5.41, 5.74) is 4.17. The van der Waals surface area contributed by atoms with Crippen molar-refractivity contribution in [1.82, 2.24) is 14.7 Å². The number of aliphatic hydroxyl groups excluding tert-OH is 1. The number of likely N-dealkylation sites (tertiary alicyclic amines) is 1. The second kappa shape index (κ2) is 14.3. The van der Waals surface area contributed by atoms with Gasteiger partial charge in [0.2, 0.25) is 0 Å². The molecular weight excluding hydrogens is 554 g/mol. The Balaban J connectivity index is 1.54. The van der Waals surface area contributed by atoms with Crippen LogP contribution in [0.1, 0.15) is 55.1 Å². The fourth-order valence-electron chi connectivity index (χ4n) is 6.08. The molecule has 1 aromatic heterocycles. The smallest absolute Gasteiger partial charge is 0.331 e. The lowest BCUT2D eigenvalue weighted by molar-refractivity contribution is -0.154. The van der Waals surface area contributed by atoms with Gasteiger partial charge < -0.3 is 14.6 Å². The van der Waals surface area contributed by atoms with Gasteiger partial charge in [0.15, 0.2) is 6.04 Å². The molecule has 0 amide bonds. The summed E-state index contributed by atoms with van der Waals surface area (Å²) in [4.78, 5) is 27.4. The highest BCUT2D eigenvalue weighted by Gasteiger charge is 2.44. The van der Waals surface area contributed by atoms with Gasteiger partial charge in [-0.3, -0.25) is 14.4 Å². The highest BCUT2D eigenvalue weighted by atomic mass is 16.5. The third kappa shape index (κ3) is 6.51. The van der Waals surface area contributed by atoms with Crippen molar-refractivity contribution in [3.63, 3.8) is 0 Å². The topological polar surface area (TPSA) is 93.9 Å². The SMILES string of the molecule is CCOC(=O)CC(C(=O)OCC)n1ccc(/C=C2\CN(C(c3ccccc3)(c3ccccc3)c3ccccc3)CCC2O)n1. The van der Waals surface area contributed by atoms with Crippen molar-refractivity contribution < 1.29 is 24.2 Å². The van der Waals surface area contributed by atoms with Crippen LogP contribution in [0.5, 0.6) is 0 Å². The van der Waals surface area contributed by atoms with Gasteiger partial charge in [-0.25, -0.2) is 4.79 Å². The first kappa shape index (κ1) is 30.9. The molecule has 0 radical (unpaired) electrons. The van der Waals surface area contributed by atoms with Gasteiger partial charge in [-0.05, 0) is 54.7 Å². The summed E-state index contributed by atoms with van der Waals surface area (Å²) >= 11 is 0. The molecule has 8 nitrogen and oxygen atoms in total. The molecule has 5 rings (SSSR count). The number of nitrogens with zero attached hydrogens (tertiary/aromatic N) is 3. The molecule has 228 valence electrons. The summed E-state index contributed by atoms with van der Waals surface area (Å²) in [6, 6.07) is 32.3. The molecule has 2 heterocycles. The Morgan fingerprint density at radius 1 is 0.886 bits per heavy atom. The number of aliphatic hydroxyl groups is 1. The number of benzene rings is 3. The van der Waals surface area contributed by atoms with Gasteiger partial charge >= 0.3 is 11.9 Å². The van der Waals surface area contributed by atoms with E-state index in [9.17, 15) is 14.7 Å². The molecule has 1 N–H and O–H groups in total. The Morgan fingerprint density at radius 2 is 1.43 bits per heavy atom. The molecule has 2 atom stereocenters. The van der Waals surface area contributed by atoms with Gasteiger partial charge in [-0.15, -0.1) is 0 Å². The molecule has 1 aliphatic heterocycles. The summed E-state index contributed by atoms with van der Waals surface area (Å²) in [6.45, 7) is 4.98. The van der Waals surface area contributed by atoms with E-state index in [1.54, 1.807) is 26.1 Å².